The van der Waals surface area contributed by atoms with Crippen LogP contribution in [0.2, 0.25) is 0 Å². The van der Waals surface area contributed by atoms with Crippen molar-refractivity contribution in [1.82, 2.24) is 9.88 Å². The Bertz CT molecular complexity index is 569. The zero-order chi connectivity index (χ0) is 15.6. The van der Waals surface area contributed by atoms with E-state index in [9.17, 15) is 9.59 Å². The highest BCUT2D eigenvalue weighted by molar-refractivity contribution is 5.92. The number of carbonyl (C=O) groups is 1. The van der Waals surface area contributed by atoms with Crippen LogP contribution >= 0.6 is 0 Å². The Hall–Kier alpha value is -1.58. The molecule has 1 saturated heterocycles. The third-order valence-corrected chi connectivity index (χ3v) is 4.45. The quantitative estimate of drug-likeness (QED) is 0.864. The number of aromatic amines is 1. The monoisotopic (exact) mass is 290 g/mol. The number of rotatable bonds is 1. The predicted molar refractivity (Wildman–Crippen MR) is 84.5 cm³/mol. The number of H-pyrrole nitrogens is 1. The fraction of sp³-hybridized carbons (Fsp3) is 0.647. The van der Waals surface area contributed by atoms with Gasteiger partial charge in [-0.25, -0.2) is 0 Å². The van der Waals surface area contributed by atoms with E-state index < -0.39 is 0 Å². The number of carbonyl (C=O) groups excluding carboxylic acids is 1. The van der Waals surface area contributed by atoms with Crippen molar-refractivity contribution < 1.29 is 4.79 Å². The van der Waals surface area contributed by atoms with Gasteiger partial charge in [-0.1, -0.05) is 20.8 Å². The molecule has 1 aromatic heterocycles. The summed E-state index contributed by atoms with van der Waals surface area (Å²) >= 11 is 0. The minimum atomic E-state index is -0.114. The van der Waals surface area contributed by atoms with E-state index in [0.29, 0.717) is 11.6 Å². The SMILES string of the molecule is Cc1cc(=O)cc(C(=O)N2CCC[C@H](C(C)(C)C)CC2)[nH]1. The standard InChI is InChI=1S/C17H26N2O2/c1-12-10-14(20)11-15(18-12)16(21)19-8-5-6-13(7-9-19)17(2,3)4/h10-11,13H,5-9H2,1-4H3,(H,18,20)/t13-/m0/s1. The van der Waals surface area contributed by atoms with Gasteiger partial charge in [0, 0.05) is 30.9 Å². The van der Waals surface area contributed by atoms with Gasteiger partial charge in [0.15, 0.2) is 5.43 Å². The predicted octanol–water partition coefficient (Wildman–Crippen LogP) is 2.97. The molecule has 1 atom stereocenters. The summed E-state index contributed by atoms with van der Waals surface area (Å²) < 4.78 is 0. The van der Waals surface area contributed by atoms with Crippen LogP contribution in [0.15, 0.2) is 16.9 Å². The van der Waals surface area contributed by atoms with Gasteiger partial charge in [-0.15, -0.1) is 0 Å². The normalized spacial score (nSPS) is 20.2. The maximum Gasteiger partial charge on any atom is 0.270 e. The molecule has 116 valence electrons. The minimum Gasteiger partial charge on any atom is -0.354 e. The van der Waals surface area contributed by atoms with E-state index in [1.807, 2.05) is 4.90 Å². The summed E-state index contributed by atoms with van der Waals surface area (Å²) in [4.78, 5) is 29.0. The zero-order valence-corrected chi connectivity index (χ0v) is 13.5. The van der Waals surface area contributed by atoms with Gasteiger partial charge in [-0.3, -0.25) is 9.59 Å². The van der Waals surface area contributed by atoms with E-state index in [1.165, 1.54) is 12.1 Å². The Labute approximate surface area is 126 Å². The minimum absolute atomic E-state index is 0.0506. The molecule has 0 spiro atoms. The maximum absolute atomic E-state index is 12.6. The number of hydrogen-bond acceptors (Lipinski definition) is 2. The third kappa shape index (κ3) is 3.96. The Kier molecular flexibility index (Phi) is 4.55. The first kappa shape index (κ1) is 15.8. The molecule has 0 unspecified atom stereocenters. The van der Waals surface area contributed by atoms with Gasteiger partial charge in [-0.2, -0.15) is 0 Å². The number of nitrogens with one attached hydrogen (secondary N) is 1. The highest BCUT2D eigenvalue weighted by Crippen LogP contribution is 2.34. The van der Waals surface area contributed by atoms with Crippen molar-refractivity contribution in [3.8, 4) is 0 Å². The van der Waals surface area contributed by atoms with Gasteiger partial charge in [0.25, 0.3) is 5.91 Å². The van der Waals surface area contributed by atoms with Crippen LogP contribution in [0.4, 0.5) is 0 Å². The van der Waals surface area contributed by atoms with Gasteiger partial charge in [0.1, 0.15) is 5.69 Å². The van der Waals surface area contributed by atoms with Crippen LogP contribution in [0.5, 0.6) is 0 Å². The molecule has 0 radical (unpaired) electrons. The number of pyridine rings is 1. The van der Waals surface area contributed by atoms with Crippen LogP contribution in [0.25, 0.3) is 0 Å². The molecular weight excluding hydrogens is 264 g/mol. The average Bonchev–Trinajstić information content (AvgIpc) is 2.61. The molecule has 0 aliphatic carbocycles. The van der Waals surface area contributed by atoms with Gasteiger partial charge in [0.05, 0.1) is 0 Å². The molecule has 1 N–H and O–H groups in total. The van der Waals surface area contributed by atoms with Crippen LogP contribution in [-0.2, 0) is 0 Å². The second-order valence-corrected chi connectivity index (χ2v) is 7.20. The van der Waals surface area contributed by atoms with Crippen molar-refractivity contribution in [2.45, 2.75) is 47.0 Å². The molecule has 1 aliphatic rings. The number of amides is 1. The van der Waals surface area contributed by atoms with Crippen molar-refractivity contribution >= 4 is 5.91 Å². The lowest BCUT2D eigenvalue weighted by molar-refractivity contribution is 0.0749. The second-order valence-electron chi connectivity index (χ2n) is 7.20. The summed E-state index contributed by atoms with van der Waals surface area (Å²) in [5.74, 6) is 0.595. The van der Waals surface area contributed by atoms with E-state index in [0.717, 1.165) is 38.0 Å². The first-order chi connectivity index (χ1) is 9.77. The Morgan fingerprint density at radius 1 is 1.24 bits per heavy atom. The molecule has 4 nitrogen and oxygen atoms in total. The summed E-state index contributed by atoms with van der Waals surface area (Å²) in [5.41, 5.74) is 1.32. The van der Waals surface area contributed by atoms with E-state index >= 15 is 0 Å². The van der Waals surface area contributed by atoms with Gasteiger partial charge >= 0.3 is 0 Å². The van der Waals surface area contributed by atoms with Crippen LogP contribution in [0.3, 0.4) is 0 Å². The van der Waals surface area contributed by atoms with Gasteiger partial charge in [-0.05, 0) is 37.5 Å². The lowest BCUT2D eigenvalue weighted by Crippen LogP contribution is -2.33. The molecule has 1 aliphatic heterocycles. The smallest absolute Gasteiger partial charge is 0.270 e. The molecule has 4 heteroatoms. The summed E-state index contributed by atoms with van der Waals surface area (Å²) in [6.45, 7) is 10.2. The van der Waals surface area contributed by atoms with Crippen molar-refractivity contribution in [3.63, 3.8) is 0 Å². The van der Waals surface area contributed by atoms with Crippen molar-refractivity contribution in [1.29, 1.82) is 0 Å². The molecule has 1 amide bonds. The molecule has 1 fully saturated rings. The fourth-order valence-electron chi connectivity index (χ4n) is 3.13. The van der Waals surface area contributed by atoms with E-state index in [1.54, 1.807) is 6.92 Å². The van der Waals surface area contributed by atoms with Crippen LogP contribution < -0.4 is 5.43 Å². The summed E-state index contributed by atoms with van der Waals surface area (Å²) in [6.07, 6.45) is 3.23. The number of aryl methyl sites for hydroxylation is 1. The molecule has 0 aromatic carbocycles. The van der Waals surface area contributed by atoms with Crippen LogP contribution in [-0.4, -0.2) is 28.9 Å². The summed E-state index contributed by atoms with van der Waals surface area (Å²) in [7, 11) is 0. The summed E-state index contributed by atoms with van der Waals surface area (Å²) in [6, 6.07) is 2.91. The van der Waals surface area contributed by atoms with Crippen molar-refractivity contribution in [2.24, 2.45) is 11.3 Å². The summed E-state index contributed by atoms with van der Waals surface area (Å²) in [5, 5.41) is 0. The topological polar surface area (TPSA) is 53.2 Å². The molecule has 1 aromatic rings. The van der Waals surface area contributed by atoms with Gasteiger partial charge in [0.2, 0.25) is 0 Å². The molecule has 2 rings (SSSR count). The van der Waals surface area contributed by atoms with E-state index in [-0.39, 0.29) is 16.8 Å². The molecule has 21 heavy (non-hydrogen) atoms. The van der Waals surface area contributed by atoms with Crippen LogP contribution in [0, 0.1) is 18.3 Å². The van der Waals surface area contributed by atoms with Crippen molar-refractivity contribution in [3.05, 3.63) is 33.7 Å². The molecular formula is C17H26N2O2. The van der Waals surface area contributed by atoms with E-state index in [2.05, 4.69) is 25.8 Å². The Morgan fingerprint density at radius 3 is 2.57 bits per heavy atom. The first-order valence-electron chi connectivity index (χ1n) is 7.77. The highest BCUT2D eigenvalue weighted by atomic mass is 16.2. The first-order valence-corrected chi connectivity index (χ1v) is 7.77. The number of likely N-dealkylation sites (tertiary alicyclic amines) is 1. The molecule has 0 saturated carbocycles. The fourth-order valence-corrected chi connectivity index (χ4v) is 3.13. The van der Waals surface area contributed by atoms with Gasteiger partial charge < -0.3 is 9.88 Å². The lowest BCUT2D eigenvalue weighted by atomic mass is 9.77. The third-order valence-electron chi connectivity index (χ3n) is 4.45. The van der Waals surface area contributed by atoms with E-state index in [4.69, 9.17) is 0 Å². The number of nitrogens with zero attached hydrogens (tertiary/aromatic N) is 1. The molecule has 0 bridgehead atoms. The number of aromatic nitrogens is 1. The lowest BCUT2D eigenvalue weighted by Gasteiger charge is -2.29. The molecule has 2 heterocycles. The average molecular weight is 290 g/mol. The highest BCUT2D eigenvalue weighted by Gasteiger charge is 2.28. The van der Waals surface area contributed by atoms with Crippen LogP contribution in [0.1, 0.15) is 56.2 Å². The maximum atomic E-state index is 12.6. The second kappa shape index (κ2) is 6.04. The zero-order valence-electron chi connectivity index (χ0n) is 13.5. The Morgan fingerprint density at radius 2 is 1.95 bits per heavy atom. The van der Waals surface area contributed by atoms with Crippen molar-refractivity contribution in [2.75, 3.05) is 13.1 Å². The largest absolute Gasteiger partial charge is 0.354 e. The Balaban J connectivity index is 2.12. The number of hydrogen-bond donors (Lipinski definition) is 1.